The summed E-state index contributed by atoms with van der Waals surface area (Å²) in [6.45, 7) is 3.62. The van der Waals surface area contributed by atoms with Crippen molar-refractivity contribution in [3.63, 3.8) is 0 Å². The van der Waals surface area contributed by atoms with Gasteiger partial charge in [0, 0.05) is 18.2 Å². The van der Waals surface area contributed by atoms with Crippen molar-refractivity contribution >= 4 is 11.6 Å². The first-order chi connectivity index (χ1) is 8.47. The van der Waals surface area contributed by atoms with Crippen LogP contribution < -0.4 is 11.1 Å². The molecule has 0 spiro atoms. The summed E-state index contributed by atoms with van der Waals surface area (Å²) in [4.78, 5) is 11.7. The van der Waals surface area contributed by atoms with Gasteiger partial charge in [0.15, 0.2) is 0 Å². The van der Waals surface area contributed by atoms with Crippen molar-refractivity contribution in [3.8, 4) is 0 Å². The van der Waals surface area contributed by atoms with Gasteiger partial charge < -0.3 is 16.2 Å². The van der Waals surface area contributed by atoms with Gasteiger partial charge in [-0.2, -0.15) is 0 Å². The molecule has 0 fully saturated rings. The molecule has 0 aliphatic rings. The number of anilines is 1. The average Bonchev–Trinajstić information content (AvgIpc) is 2.27. The van der Waals surface area contributed by atoms with Crippen LogP contribution in [0.2, 0.25) is 0 Å². The molecule has 0 aliphatic heterocycles. The molecule has 0 bridgehead atoms. The van der Waals surface area contributed by atoms with Crippen molar-refractivity contribution in [2.45, 2.75) is 45.3 Å². The molecule has 1 aromatic rings. The third-order valence-electron chi connectivity index (χ3n) is 2.72. The molecule has 2 atom stereocenters. The number of benzene rings is 1. The third-order valence-corrected chi connectivity index (χ3v) is 2.72. The summed E-state index contributed by atoms with van der Waals surface area (Å²) in [5, 5.41) is 12.1. The predicted molar refractivity (Wildman–Crippen MR) is 73.1 cm³/mol. The van der Waals surface area contributed by atoms with Crippen molar-refractivity contribution in [3.05, 3.63) is 29.8 Å². The fraction of sp³-hybridized carbons (Fsp3) is 0.500. The molecule has 0 aromatic heterocycles. The second-order valence-electron chi connectivity index (χ2n) is 4.79. The topological polar surface area (TPSA) is 75.3 Å². The van der Waals surface area contributed by atoms with Crippen LogP contribution in [0.15, 0.2) is 24.3 Å². The number of aryl methyl sites for hydroxylation is 1. The number of amides is 1. The average molecular weight is 250 g/mol. The van der Waals surface area contributed by atoms with E-state index in [1.54, 1.807) is 6.92 Å². The molecule has 4 N–H and O–H groups in total. The van der Waals surface area contributed by atoms with E-state index in [1.165, 1.54) is 0 Å². The van der Waals surface area contributed by atoms with E-state index < -0.39 is 6.10 Å². The van der Waals surface area contributed by atoms with E-state index in [9.17, 15) is 9.90 Å². The summed E-state index contributed by atoms with van der Waals surface area (Å²) < 4.78 is 0. The lowest BCUT2D eigenvalue weighted by Gasteiger charge is -2.15. The summed E-state index contributed by atoms with van der Waals surface area (Å²) in [6.07, 6.45) is 1.34. The lowest BCUT2D eigenvalue weighted by Crippen LogP contribution is -2.34. The van der Waals surface area contributed by atoms with Crippen molar-refractivity contribution in [2.75, 3.05) is 5.73 Å². The Balaban J connectivity index is 2.30. The minimum atomic E-state index is -0.391. The van der Waals surface area contributed by atoms with Crippen molar-refractivity contribution < 1.29 is 9.90 Å². The van der Waals surface area contributed by atoms with Gasteiger partial charge in [-0.1, -0.05) is 12.1 Å². The lowest BCUT2D eigenvalue weighted by molar-refractivity contribution is -0.121. The molecule has 1 aromatic carbocycles. The van der Waals surface area contributed by atoms with E-state index in [2.05, 4.69) is 5.32 Å². The fourth-order valence-electron chi connectivity index (χ4n) is 1.86. The first kappa shape index (κ1) is 14.5. The summed E-state index contributed by atoms with van der Waals surface area (Å²) in [7, 11) is 0. The van der Waals surface area contributed by atoms with E-state index in [-0.39, 0.29) is 11.9 Å². The maximum absolute atomic E-state index is 11.7. The molecular formula is C14H22N2O2. The first-order valence-electron chi connectivity index (χ1n) is 6.29. The van der Waals surface area contributed by atoms with Gasteiger partial charge in [0.05, 0.1) is 6.10 Å². The molecule has 0 heterocycles. The van der Waals surface area contributed by atoms with Gasteiger partial charge in [0.25, 0.3) is 0 Å². The van der Waals surface area contributed by atoms with Gasteiger partial charge in [-0.3, -0.25) is 4.79 Å². The Morgan fingerprint density at radius 3 is 2.50 bits per heavy atom. The highest BCUT2D eigenvalue weighted by molar-refractivity contribution is 5.76. The Morgan fingerprint density at radius 2 is 1.94 bits per heavy atom. The summed E-state index contributed by atoms with van der Waals surface area (Å²) in [6, 6.07) is 7.54. The first-order valence-corrected chi connectivity index (χ1v) is 6.29. The van der Waals surface area contributed by atoms with Crippen LogP contribution in [0.1, 0.15) is 32.3 Å². The second-order valence-corrected chi connectivity index (χ2v) is 4.79. The van der Waals surface area contributed by atoms with Crippen LogP contribution in [-0.2, 0) is 11.2 Å². The Hall–Kier alpha value is -1.55. The second kappa shape index (κ2) is 7.01. The number of nitrogens with two attached hydrogens (primary N) is 1. The normalized spacial score (nSPS) is 13.9. The quantitative estimate of drug-likeness (QED) is 0.669. The molecule has 0 saturated heterocycles. The van der Waals surface area contributed by atoms with Crippen LogP contribution in [0.25, 0.3) is 0 Å². The van der Waals surface area contributed by atoms with E-state index in [0.717, 1.165) is 11.3 Å². The van der Waals surface area contributed by atoms with E-state index in [1.807, 2.05) is 31.2 Å². The van der Waals surface area contributed by atoms with Crippen molar-refractivity contribution in [2.24, 2.45) is 0 Å². The van der Waals surface area contributed by atoms with Gasteiger partial charge in [0.2, 0.25) is 5.91 Å². The molecule has 4 nitrogen and oxygen atoms in total. The molecule has 0 aliphatic carbocycles. The van der Waals surface area contributed by atoms with E-state index in [4.69, 9.17) is 5.73 Å². The van der Waals surface area contributed by atoms with Crippen LogP contribution >= 0.6 is 0 Å². The number of aliphatic hydroxyl groups excluding tert-OH is 1. The molecule has 2 unspecified atom stereocenters. The minimum absolute atomic E-state index is 0.00363. The van der Waals surface area contributed by atoms with E-state index in [0.29, 0.717) is 19.3 Å². The Labute approximate surface area is 108 Å². The maximum Gasteiger partial charge on any atom is 0.220 e. The number of nitrogen functional groups attached to an aromatic ring is 1. The maximum atomic E-state index is 11.7. The van der Waals surface area contributed by atoms with Crippen molar-refractivity contribution in [1.82, 2.24) is 5.32 Å². The fourth-order valence-corrected chi connectivity index (χ4v) is 1.86. The SMILES string of the molecule is CC(O)CC(C)NC(=O)CCc1ccc(N)cc1. The largest absolute Gasteiger partial charge is 0.399 e. The molecule has 1 amide bonds. The highest BCUT2D eigenvalue weighted by Gasteiger charge is 2.09. The number of nitrogens with one attached hydrogen (secondary N) is 1. The summed E-state index contributed by atoms with van der Waals surface area (Å²) in [5.41, 5.74) is 7.42. The zero-order valence-electron chi connectivity index (χ0n) is 11.0. The number of carbonyl (C=O) groups excluding carboxylic acids is 1. The van der Waals surface area contributed by atoms with Gasteiger partial charge >= 0.3 is 0 Å². The number of carbonyl (C=O) groups is 1. The highest BCUT2D eigenvalue weighted by Crippen LogP contribution is 2.07. The van der Waals surface area contributed by atoms with E-state index >= 15 is 0 Å². The van der Waals surface area contributed by atoms with Crippen LogP contribution in [0.4, 0.5) is 5.69 Å². The molecule has 0 saturated carbocycles. The summed E-state index contributed by atoms with van der Waals surface area (Å²) in [5.74, 6) is 0.0139. The number of rotatable bonds is 6. The van der Waals surface area contributed by atoms with Gasteiger partial charge in [-0.25, -0.2) is 0 Å². The number of hydrogen-bond acceptors (Lipinski definition) is 3. The zero-order chi connectivity index (χ0) is 13.5. The number of hydrogen-bond donors (Lipinski definition) is 3. The van der Waals surface area contributed by atoms with Crippen LogP contribution in [0, 0.1) is 0 Å². The van der Waals surface area contributed by atoms with Crippen LogP contribution in [0.5, 0.6) is 0 Å². The van der Waals surface area contributed by atoms with Gasteiger partial charge in [-0.15, -0.1) is 0 Å². The standard InChI is InChI=1S/C14H22N2O2/c1-10(9-11(2)17)16-14(18)8-5-12-3-6-13(15)7-4-12/h3-4,6-7,10-11,17H,5,8-9,15H2,1-2H3,(H,16,18). The Morgan fingerprint density at radius 1 is 1.33 bits per heavy atom. The Bertz CT molecular complexity index is 374. The number of aliphatic hydroxyl groups is 1. The van der Waals surface area contributed by atoms with Gasteiger partial charge in [-0.05, 0) is 44.4 Å². The monoisotopic (exact) mass is 250 g/mol. The molecule has 18 heavy (non-hydrogen) atoms. The molecule has 100 valence electrons. The predicted octanol–water partition coefficient (Wildman–Crippen LogP) is 1.48. The molecule has 1 rings (SSSR count). The van der Waals surface area contributed by atoms with Crippen LogP contribution in [0.3, 0.4) is 0 Å². The third kappa shape index (κ3) is 5.68. The minimum Gasteiger partial charge on any atom is -0.399 e. The smallest absolute Gasteiger partial charge is 0.220 e. The molecular weight excluding hydrogens is 228 g/mol. The highest BCUT2D eigenvalue weighted by atomic mass is 16.3. The van der Waals surface area contributed by atoms with Crippen molar-refractivity contribution in [1.29, 1.82) is 0 Å². The molecule has 0 radical (unpaired) electrons. The zero-order valence-corrected chi connectivity index (χ0v) is 11.0. The van der Waals surface area contributed by atoms with Crippen LogP contribution in [-0.4, -0.2) is 23.2 Å². The Kier molecular flexibility index (Phi) is 5.65. The lowest BCUT2D eigenvalue weighted by atomic mass is 10.1. The summed E-state index contributed by atoms with van der Waals surface area (Å²) >= 11 is 0. The molecule has 4 heteroatoms. The van der Waals surface area contributed by atoms with Gasteiger partial charge in [0.1, 0.15) is 0 Å².